The molecule has 1 amide bonds. The molecular weight excluding hydrogens is 453 g/mol. The minimum atomic E-state index is -0.510. The number of carbonyl (C=O) groups excluding carboxylic acids is 2. The SMILES string of the molecule is CCc1ccccc1NC(=O)COC(=O)CSc1nc2ccccc2n1Cc1ccc(F)cc1. The number of aromatic nitrogens is 2. The van der Waals surface area contributed by atoms with Crippen LogP contribution in [0.25, 0.3) is 11.0 Å². The Hall–Kier alpha value is -3.65. The minimum absolute atomic E-state index is 0.00552. The molecule has 0 spiro atoms. The molecule has 0 radical (unpaired) electrons. The van der Waals surface area contributed by atoms with Gasteiger partial charge in [-0.1, -0.05) is 61.2 Å². The molecule has 0 aliphatic heterocycles. The second-order valence-corrected chi connectivity index (χ2v) is 8.55. The number of aryl methyl sites for hydroxylation is 1. The summed E-state index contributed by atoms with van der Waals surface area (Å²) in [6.45, 7) is 2.13. The molecule has 0 atom stereocenters. The number of ether oxygens (including phenoxy) is 1. The van der Waals surface area contributed by atoms with Crippen molar-refractivity contribution in [2.45, 2.75) is 25.0 Å². The van der Waals surface area contributed by atoms with Gasteiger partial charge >= 0.3 is 5.97 Å². The van der Waals surface area contributed by atoms with Gasteiger partial charge in [-0.05, 0) is 47.9 Å². The second-order valence-electron chi connectivity index (χ2n) is 7.60. The molecule has 0 saturated carbocycles. The van der Waals surface area contributed by atoms with Gasteiger partial charge in [-0.25, -0.2) is 9.37 Å². The molecular formula is C26H24FN3O3S. The van der Waals surface area contributed by atoms with E-state index in [1.54, 1.807) is 12.1 Å². The average Bonchev–Trinajstić information content (AvgIpc) is 3.20. The van der Waals surface area contributed by atoms with E-state index in [1.807, 2.05) is 60.0 Å². The first kappa shape index (κ1) is 23.5. The zero-order chi connectivity index (χ0) is 23.9. The molecule has 0 aliphatic rings. The van der Waals surface area contributed by atoms with Gasteiger partial charge in [0.15, 0.2) is 11.8 Å². The smallest absolute Gasteiger partial charge is 0.316 e. The van der Waals surface area contributed by atoms with Gasteiger partial charge in [0, 0.05) is 5.69 Å². The Bertz CT molecular complexity index is 1300. The van der Waals surface area contributed by atoms with Crippen LogP contribution in [0.3, 0.4) is 0 Å². The summed E-state index contributed by atoms with van der Waals surface area (Å²) < 4.78 is 20.4. The maximum absolute atomic E-state index is 13.3. The number of halogens is 1. The van der Waals surface area contributed by atoms with Crippen molar-refractivity contribution in [1.82, 2.24) is 9.55 Å². The number of nitrogens with zero attached hydrogens (tertiary/aromatic N) is 2. The number of hydrogen-bond acceptors (Lipinski definition) is 5. The van der Waals surface area contributed by atoms with Crippen molar-refractivity contribution >= 4 is 40.4 Å². The fourth-order valence-corrected chi connectivity index (χ4v) is 4.35. The van der Waals surface area contributed by atoms with Gasteiger partial charge in [0.05, 0.1) is 23.3 Å². The summed E-state index contributed by atoms with van der Waals surface area (Å²) in [6.07, 6.45) is 0.784. The van der Waals surface area contributed by atoms with Crippen LogP contribution in [0.15, 0.2) is 78.0 Å². The van der Waals surface area contributed by atoms with Crippen molar-refractivity contribution in [3.63, 3.8) is 0 Å². The van der Waals surface area contributed by atoms with Crippen LogP contribution >= 0.6 is 11.8 Å². The molecule has 4 aromatic rings. The van der Waals surface area contributed by atoms with Crippen molar-refractivity contribution in [1.29, 1.82) is 0 Å². The molecule has 1 aromatic heterocycles. The maximum atomic E-state index is 13.3. The van der Waals surface area contributed by atoms with Crippen LogP contribution in [-0.4, -0.2) is 33.8 Å². The first-order valence-corrected chi connectivity index (χ1v) is 11.9. The lowest BCUT2D eigenvalue weighted by Crippen LogP contribution is -2.22. The highest BCUT2D eigenvalue weighted by Crippen LogP contribution is 2.25. The second kappa shape index (κ2) is 11.0. The van der Waals surface area contributed by atoms with E-state index < -0.39 is 5.97 Å². The first-order chi connectivity index (χ1) is 16.5. The standard InChI is InChI=1S/C26H24FN3O3S/c1-2-19-7-3-4-8-21(19)28-24(31)16-33-25(32)17-34-26-29-22-9-5-6-10-23(22)30(26)15-18-11-13-20(27)14-12-18/h3-14H,2,15-17H2,1H3,(H,28,31). The Balaban J connectivity index is 1.37. The Morgan fingerprint density at radius 1 is 1.03 bits per heavy atom. The Morgan fingerprint density at radius 2 is 1.76 bits per heavy atom. The van der Waals surface area contributed by atoms with Crippen LogP contribution in [0.2, 0.25) is 0 Å². The molecule has 6 nitrogen and oxygen atoms in total. The number of rotatable bonds is 9. The minimum Gasteiger partial charge on any atom is -0.455 e. The number of thioether (sulfide) groups is 1. The molecule has 34 heavy (non-hydrogen) atoms. The molecule has 4 rings (SSSR count). The number of hydrogen-bond donors (Lipinski definition) is 1. The molecule has 0 fully saturated rings. The van der Waals surface area contributed by atoms with Crippen LogP contribution in [0.1, 0.15) is 18.1 Å². The molecule has 3 aromatic carbocycles. The zero-order valence-corrected chi connectivity index (χ0v) is 19.5. The summed E-state index contributed by atoms with van der Waals surface area (Å²) >= 11 is 1.24. The van der Waals surface area contributed by atoms with Gasteiger partial charge in [0.25, 0.3) is 5.91 Å². The van der Waals surface area contributed by atoms with Crippen LogP contribution in [0, 0.1) is 5.82 Å². The number of esters is 1. The van der Waals surface area contributed by atoms with Gasteiger partial charge in [0.1, 0.15) is 5.82 Å². The van der Waals surface area contributed by atoms with Crippen LogP contribution in [-0.2, 0) is 27.3 Å². The number of carbonyl (C=O) groups is 2. The third kappa shape index (κ3) is 5.82. The monoisotopic (exact) mass is 477 g/mol. The number of fused-ring (bicyclic) bond motifs is 1. The third-order valence-electron chi connectivity index (χ3n) is 5.23. The molecule has 1 heterocycles. The Morgan fingerprint density at radius 3 is 2.56 bits per heavy atom. The number of benzene rings is 3. The van der Waals surface area contributed by atoms with Crippen LogP contribution < -0.4 is 5.32 Å². The van der Waals surface area contributed by atoms with Crippen LogP contribution in [0.4, 0.5) is 10.1 Å². The number of anilines is 1. The number of nitrogens with one attached hydrogen (secondary N) is 1. The van der Waals surface area contributed by atoms with Crippen molar-refractivity contribution in [2.24, 2.45) is 0 Å². The van der Waals surface area contributed by atoms with E-state index in [0.717, 1.165) is 34.3 Å². The lowest BCUT2D eigenvalue weighted by molar-refractivity contribution is -0.144. The fraction of sp³-hybridized carbons (Fsp3) is 0.192. The normalized spacial score (nSPS) is 10.9. The predicted molar refractivity (Wildman–Crippen MR) is 131 cm³/mol. The Kier molecular flexibility index (Phi) is 7.59. The summed E-state index contributed by atoms with van der Waals surface area (Å²) in [7, 11) is 0. The molecule has 0 unspecified atom stereocenters. The van der Waals surface area contributed by atoms with Gasteiger partial charge in [0.2, 0.25) is 0 Å². The Labute approximate surface area is 201 Å². The highest BCUT2D eigenvalue weighted by Gasteiger charge is 2.15. The molecule has 0 saturated heterocycles. The zero-order valence-electron chi connectivity index (χ0n) is 18.7. The third-order valence-corrected chi connectivity index (χ3v) is 6.18. The number of amides is 1. The number of para-hydroxylation sites is 3. The largest absolute Gasteiger partial charge is 0.455 e. The molecule has 0 bridgehead atoms. The molecule has 1 N–H and O–H groups in total. The van der Waals surface area contributed by atoms with Gasteiger partial charge < -0.3 is 14.6 Å². The number of imidazole rings is 1. The van der Waals surface area contributed by atoms with E-state index in [0.29, 0.717) is 11.7 Å². The lowest BCUT2D eigenvalue weighted by atomic mass is 10.1. The van der Waals surface area contributed by atoms with E-state index in [2.05, 4.69) is 10.3 Å². The van der Waals surface area contributed by atoms with E-state index in [4.69, 9.17) is 4.74 Å². The maximum Gasteiger partial charge on any atom is 0.316 e. The van der Waals surface area contributed by atoms with E-state index >= 15 is 0 Å². The fourth-order valence-electron chi connectivity index (χ4n) is 3.54. The topological polar surface area (TPSA) is 73.2 Å². The molecule has 174 valence electrons. The summed E-state index contributed by atoms with van der Waals surface area (Å²) in [6, 6.07) is 21.5. The van der Waals surface area contributed by atoms with Crippen molar-refractivity contribution in [3.8, 4) is 0 Å². The van der Waals surface area contributed by atoms with Gasteiger partial charge in [-0.2, -0.15) is 0 Å². The van der Waals surface area contributed by atoms with E-state index in [-0.39, 0.29) is 24.1 Å². The van der Waals surface area contributed by atoms with Gasteiger partial charge in [-0.3, -0.25) is 9.59 Å². The summed E-state index contributed by atoms with van der Waals surface area (Å²) in [5.41, 5.74) is 4.36. The quantitative estimate of drug-likeness (QED) is 0.269. The highest BCUT2D eigenvalue weighted by atomic mass is 32.2. The summed E-state index contributed by atoms with van der Waals surface area (Å²) in [4.78, 5) is 29.2. The summed E-state index contributed by atoms with van der Waals surface area (Å²) in [5, 5.41) is 3.43. The van der Waals surface area contributed by atoms with Crippen molar-refractivity contribution in [2.75, 3.05) is 17.7 Å². The van der Waals surface area contributed by atoms with Crippen molar-refractivity contribution < 1.29 is 18.7 Å². The van der Waals surface area contributed by atoms with Crippen molar-refractivity contribution in [3.05, 3.63) is 89.7 Å². The summed E-state index contributed by atoms with van der Waals surface area (Å²) in [5.74, 6) is -1.18. The van der Waals surface area contributed by atoms with Gasteiger partial charge in [-0.15, -0.1) is 0 Å². The predicted octanol–water partition coefficient (Wildman–Crippen LogP) is 5.06. The van der Waals surface area contributed by atoms with E-state index in [9.17, 15) is 14.0 Å². The molecule has 8 heteroatoms. The molecule has 0 aliphatic carbocycles. The average molecular weight is 478 g/mol. The highest BCUT2D eigenvalue weighted by molar-refractivity contribution is 7.99. The van der Waals surface area contributed by atoms with E-state index in [1.165, 1.54) is 23.9 Å². The first-order valence-electron chi connectivity index (χ1n) is 10.9. The van der Waals surface area contributed by atoms with Crippen LogP contribution in [0.5, 0.6) is 0 Å². The lowest BCUT2D eigenvalue weighted by Gasteiger charge is -2.11.